The van der Waals surface area contributed by atoms with Crippen LogP contribution in [0.2, 0.25) is 0 Å². The van der Waals surface area contributed by atoms with Gasteiger partial charge in [0.1, 0.15) is 12.2 Å². The molecule has 0 aliphatic carbocycles. The van der Waals surface area contributed by atoms with Crippen LogP contribution in [0.4, 0.5) is 0 Å². The third kappa shape index (κ3) is 2.37. The highest BCUT2D eigenvalue weighted by molar-refractivity contribution is 7.91. The van der Waals surface area contributed by atoms with Crippen LogP contribution in [0.3, 0.4) is 0 Å². The van der Waals surface area contributed by atoms with E-state index < -0.39 is 9.84 Å². The van der Waals surface area contributed by atoms with Crippen molar-refractivity contribution < 1.29 is 18.3 Å². The van der Waals surface area contributed by atoms with Gasteiger partial charge in [-0.3, -0.25) is 0 Å². The minimum Gasteiger partial charge on any atom is -0.394 e. The monoisotopic (exact) mass is 228 g/mol. The van der Waals surface area contributed by atoms with Crippen molar-refractivity contribution in [3.8, 4) is 0 Å². The molecule has 1 heterocycles. The summed E-state index contributed by atoms with van der Waals surface area (Å²) in [6, 6.07) is 8.26. The number of benzene rings is 1. The van der Waals surface area contributed by atoms with Crippen molar-refractivity contribution in [2.45, 2.75) is 17.1 Å². The van der Waals surface area contributed by atoms with E-state index in [-0.39, 0.29) is 24.6 Å². The van der Waals surface area contributed by atoms with E-state index in [1.165, 1.54) is 0 Å². The summed E-state index contributed by atoms with van der Waals surface area (Å²) in [7, 11) is -3.28. The molecule has 5 heteroatoms. The SMILES string of the molecule is O=S(=O)(C[C@H]1O[C@@H]1CO)c1ccccc1. The lowest BCUT2D eigenvalue weighted by molar-refractivity contribution is 0.242. The molecule has 1 aliphatic heterocycles. The van der Waals surface area contributed by atoms with Crippen LogP contribution in [-0.4, -0.2) is 38.1 Å². The van der Waals surface area contributed by atoms with Crippen LogP contribution in [0.1, 0.15) is 0 Å². The Kier molecular flexibility index (Phi) is 2.77. The summed E-state index contributed by atoms with van der Waals surface area (Å²) in [6.45, 7) is -0.116. The first-order valence-corrected chi connectivity index (χ1v) is 6.33. The van der Waals surface area contributed by atoms with Crippen LogP contribution in [0.15, 0.2) is 35.2 Å². The molecule has 2 rings (SSSR count). The van der Waals surface area contributed by atoms with Crippen LogP contribution < -0.4 is 0 Å². The van der Waals surface area contributed by atoms with Crippen molar-refractivity contribution in [1.82, 2.24) is 0 Å². The maximum absolute atomic E-state index is 11.8. The molecule has 0 aromatic heterocycles. The number of epoxide rings is 1. The second-order valence-electron chi connectivity index (χ2n) is 3.49. The second-order valence-corrected chi connectivity index (χ2v) is 5.52. The first-order chi connectivity index (χ1) is 7.13. The van der Waals surface area contributed by atoms with Crippen LogP contribution >= 0.6 is 0 Å². The Labute approximate surface area is 88.4 Å². The molecule has 82 valence electrons. The zero-order chi connectivity index (χ0) is 10.9. The maximum atomic E-state index is 11.8. The van der Waals surface area contributed by atoms with Gasteiger partial charge < -0.3 is 9.84 Å². The zero-order valence-electron chi connectivity index (χ0n) is 8.04. The average molecular weight is 228 g/mol. The van der Waals surface area contributed by atoms with Gasteiger partial charge in [0.05, 0.1) is 17.3 Å². The topological polar surface area (TPSA) is 66.9 Å². The number of aliphatic hydroxyl groups excluding tert-OH is 1. The van der Waals surface area contributed by atoms with Gasteiger partial charge in [-0.05, 0) is 12.1 Å². The Morgan fingerprint density at radius 1 is 1.20 bits per heavy atom. The van der Waals surface area contributed by atoms with Gasteiger partial charge in [-0.15, -0.1) is 0 Å². The molecule has 0 saturated carbocycles. The lowest BCUT2D eigenvalue weighted by atomic mass is 10.4. The number of ether oxygens (including phenoxy) is 1. The summed E-state index contributed by atoms with van der Waals surface area (Å²) in [5.41, 5.74) is 0. The standard InChI is InChI=1S/C10H12O4S/c11-6-9-10(14-9)7-15(12,13)8-4-2-1-3-5-8/h1-5,9-11H,6-7H2/t9-,10-/m1/s1. The smallest absolute Gasteiger partial charge is 0.181 e. The molecule has 1 aliphatic rings. The predicted octanol–water partition coefficient (Wildman–Crippen LogP) is 0.220. The molecule has 4 nitrogen and oxygen atoms in total. The number of aliphatic hydroxyl groups is 1. The minimum absolute atomic E-state index is 0.0533. The van der Waals surface area contributed by atoms with Gasteiger partial charge in [-0.2, -0.15) is 0 Å². The molecule has 1 saturated heterocycles. The summed E-state index contributed by atoms with van der Waals surface area (Å²) >= 11 is 0. The summed E-state index contributed by atoms with van der Waals surface area (Å²) in [5.74, 6) is -0.0533. The molecule has 2 atom stereocenters. The van der Waals surface area contributed by atoms with Crippen LogP contribution in [0.5, 0.6) is 0 Å². The van der Waals surface area contributed by atoms with Crippen LogP contribution in [0.25, 0.3) is 0 Å². The molecule has 15 heavy (non-hydrogen) atoms. The summed E-state index contributed by atoms with van der Waals surface area (Å²) in [4.78, 5) is 0.303. The lowest BCUT2D eigenvalue weighted by Gasteiger charge is -2.01. The van der Waals surface area contributed by atoms with E-state index in [0.717, 1.165) is 0 Å². The van der Waals surface area contributed by atoms with Crippen molar-refractivity contribution in [2.24, 2.45) is 0 Å². The Morgan fingerprint density at radius 3 is 2.40 bits per heavy atom. The van der Waals surface area contributed by atoms with Crippen LogP contribution in [0, 0.1) is 0 Å². The normalized spacial score (nSPS) is 25.1. The second kappa shape index (κ2) is 3.92. The Hall–Kier alpha value is -0.910. The third-order valence-corrected chi connectivity index (χ3v) is 4.11. The fraction of sp³-hybridized carbons (Fsp3) is 0.400. The molecule has 0 radical (unpaired) electrons. The Morgan fingerprint density at radius 2 is 1.87 bits per heavy atom. The molecule has 1 N–H and O–H groups in total. The van der Waals surface area contributed by atoms with Crippen LogP contribution in [-0.2, 0) is 14.6 Å². The van der Waals surface area contributed by atoms with E-state index in [1.807, 2.05) is 0 Å². The maximum Gasteiger partial charge on any atom is 0.181 e. The highest BCUT2D eigenvalue weighted by Crippen LogP contribution is 2.25. The fourth-order valence-corrected chi connectivity index (χ4v) is 2.92. The van der Waals surface area contributed by atoms with Crippen molar-refractivity contribution in [3.63, 3.8) is 0 Å². The van der Waals surface area contributed by atoms with E-state index in [9.17, 15) is 8.42 Å². The van der Waals surface area contributed by atoms with Gasteiger partial charge in [0.25, 0.3) is 0 Å². The molecule has 1 fully saturated rings. The molecule has 1 aromatic carbocycles. The van der Waals surface area contributed by atoms with E-state index in [4.69, 9.17) is 9.84 Å². The largest absolute Gasteiger partial charge is 0.394 e. The van der Waals surface area contributed by atoms with Gasteiger partial charge in [-0.25, -0.2) is 8.42 Å². The highest BCUT2D eigenvalue weighted by Gasteiger charge is 2.41. The quantitative estimate of drug-likeness (QED) is 0.749. The van der Waals surface area contributed by atoms with E-state index in [2.05, 4.69) is 0 Å². The minimum atomic E-state index is -3.28. The third-order valence-electron chi connectivity index (χ3n) is 2.35. The zero-order valence-corrected chi connectivity index (χ0v) is 8.85. The van der Waals surface area contributed by atoms with Gasteiger partial charge in [-0.1, -0.05) is 18.2 Å². The van der Waals surface area contributed by atoms with E-state index >= 15 is 0 Å². The molecule has 0 unspecified atom stereocenters. The average Bonchev–Trinajstić information content (AvgIpc) is 2.97. The fourth-order valence-electron chi connectivity index (χ4n) is 1.43. The van der Waals surface area contributed by atoms with E-state index in [1.54, 1.807) is 30.3 Å². The summed E-state index contributed by atoms with van der Waals surface area (Å²) < 4.78 is 28.6. The molecular formula is C10H12O4S. The van der Waals surface area contributed by atoms with E-state index in [0.29, 0.717) is 4.90 Å². The number of sulfone groups is 1. The van der Waals surface area contributed by atoms with Crippen molar-refractivity contribution in [3.05, 3.63) is 30.3 Å². The Balaban J connectivity index is 2.09. The van der Waals surface area contributed by atoms with Gasteiger partial charge in [0, 0.05) is 0 Å². The molecule has 0 amide bonds. The predicted molar refractivity (Wildman–Crippen MR) is 54.2 cm³/mol. The highest BCUT2D eigenvalue weighted by atomic mass is 32.2. The molecule has 0 bridgehead atoms. The molecular weight excluding hydrogens is 216 g/mol. The van der Waals surface area contributed by atoms with Gasteiger partial charge in [0.15, 0.2) is 9.84 Å². The van der Waals surface area contributed by atoms with Gasteiger partial charge in [0.2, 0.25) is 0 Å². The number of hydrogen-bond acceptors (Lipinski definition) is 4. The molecule has 1 aromatic rings. The van der Waals surface area contributed by atoms with Crippen molar-refractivity contribution >= 4 is 9.84 Å². The van der Waals surface area contributed by atoms with Gasteiger partial charge >= 0.3 is 0 Å². The number of hydrogen-bond donors (Lipinski definition) is 1. The van der Waals surface area contributed by atoms with Crippen molar-refractivity contribution in [1.29, 1.82) is 0 Å². The summed E-state index contributed by atoms with van der Waals surface area (Å²) in [5, 5.41) is 8.72. The summed E-state index contributed by atoms with van der Waals surface area (Å²) in [6.07, 6.45) is -0.649. The first kappa shape index (κ1) is 10.6. The first-order valence-electron chi connectivity index (χ1n) is 4.67. The lowest BCUT2D eigenvalue weighted by Crippen LogP contribution is -2.14. The Bertz CT molecular complexity index is 426. The van der Waals surface area contributed by atoms with Crippen molar-refractivity contribution in [2.75, 3.05) is 12.4 Å². The molecule has 0 spiro atoms. The number of rotatable bonds is 4.